The molecule has 1 atom stereocenters. The van der Waals surface area contributed by atoms with Crippen LogP contribution in [0.25, 0.3) is 0 Å². The summed E-state index contributed by atoms with van der Waals surface area (Å²) in [7, 11) is 0. The summed E-state index contributed by atoms with van der Waals surface area (Å²) in [6.07, 6.45) is 2.59. The molecule has 0 spiro atoms. The molecule has 0 bridgehead atoms. The summed E-state index contributed by atoms with van der Waals surface area (Å²) in [5.74, 6) is 0.379. The van der Waals surface area contributed by atoms with Crippen LogP contribution >= 0.6 is 23.7 Å². The van der Waals surface area contributed by atoms with E-state index in [-0.39, 0.29) is 30.3 Å². The van der Waals surface area contributed by atoms with Crippen molar-refractivity contribution in [2.24, 2.45) is 11.7 Å². The molecule has 5 nitrogen and oxygen atoms in total. The first kappa shape index (κ1) is 16.9. The van der Waals surface area contributed by atoms with Crippen LogP contribution in [0.15, 0.2) is 17.5 Å². The second-order valence-electron chi connectivity index (χ2n) is 4.73. The van der Waals surface area contributed by atoms with E-state index in [1.807, 2.05) is 11.4 Å². The van der Waals surface area contributed by atoms with E-state index in [1.165, 1.54) is 11.3 Å². The van der Waals surface area contributed by atoms with Gasteiger partial charge in [0.1, 0.15) is 0 Å². The predicted octanol–water partition coefficient (Wildman–Crippen LogP) is 1.14. The highest BCUT2D eigenvalue weighted by Gasteiger charge is 2.30. The predicted molar refractivity (Wildman–Crippen MR) is 82.2 cm³/mol. The maximum absolute atomic E-state index is 11.7. The molecule has 2 amide bonds. The first-order valence-electron chi connectivity index (χ1n) is 6.52. The summed E-state index contributed by atoms with van der Waals surface area (Å²) in [4.78, 5) is 24.0. The van der Waals surface area contributed by atoms with Crippen molar-refractivity contribution in [1.29, 1.82) is 0 Å². The van der Waals surface area contributed by atoms with Gasteiger partial charge in [-0.2, -0.15) is 0 Å². The lowest BCUT2D eigenvalue weighted by Gasteiger charge is -2.15. The number of amides is 2. The third-order valence-electron chi connectivity index (χ3n) is 3.17. The van der Waals surface area contributed by atoms with Crippen LogP contribution in [0.1, 0.15) is 28.9 Å². The molecule has 1 unspecified atom stereocenters. The van der Waals surface area contributed by atoms with Gasteiger partial charge in [-0.15, -0.1) is 23.7 Å². The molecule has 112 valence electrons. The molecule has 20 heavy (non-hydrogen) atoms. The molecule has 2 rings (SSSR count). The first-order chi connectivity index (χ1) is 9.20. The molecular weight excluding hydrogens is 298 g/mol. The molecule has 0 radical (unpaired) electrons. The fraction of sp³-hybridized carbons (Fsp3) is 0.538. The quantitative estimate of drug-likeness (QED) is 0.705. The topological polar surface area (TPSA) is 84.2 Å². The number of nitrogens with one attached hydrogen (secondary N) is 2. The van der Waals surface area contributed by atoms with Crippen LogP contribution in [-0.4, -0.2) is 30.9 Å². The highest BCUT2D eigenvalue weighted by molar-refractivity contribution is 7.12. The minimum Gasteiger partial charge on any atom is -0.352 e. The Kier molecular flexibility index (Phi) is 6.98. The normalized spacial score (nSPS) is 15.1. The molecule has 1 saturated carbocycles. The molecule has 1 aromatic rings. The number of rotatable bonds is 7. The minimum atomic E-state index is -0.125. The number of carbonyl (C=O) groups excluding carboxylic acids is 2. The monoisotopic (exact) mass is 317 g/mol. The molecule has 1 fully saturated rings. The number of hydrogen-bond acceptors (Lipinski definition) is 4. The van der Waals surface area contributed by atoms with Crippen LogP contribution in [0.5, 0.6) is 0 Å². The van der Waals surface area contributed by atoms with Gasteiger partial charge in [0.2, 0.25) is 5.91 Å². The third-order valence-corrected chi connectivity index (χ3v) is 4.04. The van der Waals surface area contributed by atoms with Crippen molar-refractivity contribution < 1.29 is 9.59 Å². The van der Waals surface area contributed by atoms with Gasteiger partial charge in [-0.3, -0.25) is 9.59 Å². The van der Waals surface area contributed by atoms with Crippen molar-refractivity contribution in [3.8, 4) is 0 Å². The highest BCUT2D eigenvalue weighted by Crippen LogP contribution is 2.32. The van der Waals surface area contributed by atoms with Gasteiger partial charge in [-0.05, 0) is 30.2 Å². The molecule has 1 aliphatic carbocycles. The van der Waals surface area contributed by atoms with Crippen molar-refractivity contribution in [2.75, 3.05) is 13.1 Å². The molecule has 1 aliphatic rings. The van der Waals surface area contributed by atoms with Gasteiger partial charge >= 0.3 is 0 Å². The van der Waals surface area contributed by atoms with E-state index in [0.29, 0.717) is 30.3 Å². The van der Waals surface area contributed by atoms with Crippen LogP contribution in [0.3, 0.4) is 0 Å². The number of hydrogen-bond donors (Lipinski definition) is 3. The number of carbonyl (C=O) groups is 2. The van der Waals surface area contributed by atoms with Crippen LogP contribution in [0.2, 0.25) is 0 Å². The Morgan fingerprint density at radius 1 is 1.45 bits per heavy atom. The molecular formula is C13H20ClN3O2S. The second-order valence-corrected chi connectivity index (χ2v) is 5.68. The van der Waals surface area contributed by atoms with Gasteiger partial charge in [0.05, 0.1) is 4.88 Å². The summed E-state index contributed by atoms with van der Waals surface area (Å²) in [5.41, 5.74) is 5.62. The van der Waals surface area contributed by atoms with Gasteiger partial charge in [0.15, 0.2) is 0 Å². The van der Waals surface area contributed by atoms with Crippen LogP contribution < -0.4 is 16.4 Å². The maximum Gasteiger partial charge on any atom is 0.261 e. The lowest BCUT2D eigenvalue weighted by atomic mass is 10.2. The van der Waals surface area contributed by atoms with Crippen molar-refractivity contribution in [2.45, 2.75) is 25.3 Å². The van der Waals surface area contributed by atoms with Crippen molar-refractivity contribution in [3.05, 3.63) is 22.4 Å². The molecule has 0 aliphatic heterocycles. The van der Waals surface area contributed by atoms with Crippen molar-refractivity contribution in [3.63, 3.8) is 0 Å². The second kappa shape index (κ2) is 8.24. The first-order valence-corrected chi connectivity index (χ1v) is 7.40. The van der Waals surface area contributed by atoms with Crippen LogP contribution in [0.4, 0.5) is 0 Å². The standard InChI is InChI=1S/C13H19N3O2S.ClH/c14-8-10(9-3-4-9)16-12(17)5-6-15-13(18)11-2-1-7-19-11;/h1-2,7,9-10H,3-6,8,14H2,(H,15,18)(H,16,17);1H. The summed E-state index contributed by atoms with van der Waals surface area (Å²) >= 11 is 1.39. The summed E-state index contributed by atoms with van der Waals surface area (Å²) in [5, 5.41) is 7.51. The van der Waals surface area contributed by atoms with Gasteiger partial charge < -0.3 is 16.4 Å². The van der Waals surface area contributed by atoms with E-state index in [9.17, 15) is 9.59 Å². The molecule has 4 N–H and O–H groups in total. The average Bonchev–Trinajstić information content (AvgIpc) is 3.09. The van der Waals surface area contributed by atoms with E-state index in [1.54, 1.807) is 6.07 Å². The molecule has 1 aromatic heterocycles. The molecule has 7 heteroatoms. The Labute approximate surface area is 128 Å². The molecule has 0 saturated heterocycles. The van der Waals surface area contributed by atoms with E-state index >= 15 is 0 Å². The maximum atomic E-state index is 11.7. The van der Waals surface area contributed by atoms with E-state index < -0.39 is 0 Å². The zero-order valence-corrected chi connectivity index (χ0v) is 12.8. The largest absolute Gasteiger partial charge is 0.352 e. The Balaban J connectivity index is 0.00000200. The fourth-order valence-corrected chi connectivity index (χ4v) is 2.57. The smallest absolute Gasteiger partial charge is 0.261 e. The van der Waals surface area contributed by atoms with Crippen LogP contribution in [-0.2, 0) is 4.79 Å². The summed E-state index contributed by atoms with van der Waals surface area (Å²) < 4.78 is 0. The lowest BCUT2D eigenvalue weighted by molar-refractivity contribution is -0.121. The summed E-state index contributed by atoms with van der Waals surface area (Å²) in [6, 6.07) is 3.69. The highest BCUT2D eigenvalue weighted by atomic mass is 35.5. The zero-order valence-electron chi connectivity index (χ0n) is 11.1. The molecule has 1 heterocycles. The Hall–Kier alpha value is -1.11. The van der Waals surface area contributed by atoms with E-state index in [4.69, 9.17) is 5.73 Å². The Bertz CT molecular complexity index is 435. The SMILES string of the molecule is Cl.NCC(NC(=O)CCNC(=O)c1cccs1)C1CC1. The minimum absolute atomic E-state index is 0. The van der Waals surface area contributed by atoms with E-state index in [2.05, 4.69) is 10.6 Å². The van der Waals surface area contributed by atoms with Gasteiger partial charge in [0.25, 0.3) is 5.91 Å². The Morgan fingerprint density at radius 2 is 2.20 bits per heavy atom. The van der Waals surface area contributed by atoms with Gasteiger partial charge in [-0.1, -0.05) is 6.07 Å². The molecule has 0 aromatic carbocycles. The van der Waals surface area contributed by atoms with E-state index in [0.717, 1.165) is 12.8 Å². The number of nitrogens with two attached hydrogens (primary N) is 1. The lowest BCUT2D eigenvalue weighted by Crippen LogP contribution is -2.42. The van der Waals surface area contributed by atoms with Crippen molar-refractivity contribution >= 4 is 35.6 Å². The third kappa shape index (κ3) is 5.11. The number of thiophene rings is 1. The average molecular weight is 318 g/mol. The van der Waals surface area contributed by atoms with Crippen molar-refractivity contribution in [1.82, 2.24) is 10.6 Å². The fourth-order valence-electron chi connectivity index (χ4n) is 1.93. The number of halogens is 1. The van der Waals surface area contributed by atoms with Crippen LogP contribution in [0, 0.1) is 5.92 Å². The Morgan fingerprint density at radius 3 is 2.75 bits per heavy atom. The van der Waals surface area contributed by atoms with Gasteiger partial charge in [-0.25, -0.2) is 0 Å². The van der Waals surface area contributed by atoms with Gasteiger partial charge in [0, 0.05) is 25.6 Å². The summed E-state index contributed by atoms with van der Waals surface area (Å²) in [6.45, 7) is 0.836. The zero-order chi connectivity index (χ0) is 13.7.